The Bertz CT molecular complexity index is 543. The molecule has 2 N–H and O–H groups in total. The Labute approximate surface area is 107 Å². The van der Waals surface area contributed by atoms with Gasteiger partial charge in [-0.15, -0.1) is 10.2 Å². The van der Waals surface area contributed by atoms with Crippen LogP contribution in [0.2, 0.25) is 5.02 Å². The second kappa shape index (κ2) is 4.93. The van der Waals surface area contributed by atoms with Crippen molar-refractivity contribution < 1.29 is 4.39 Å². The smallest absolute Gasteiger partial charge is 0.222 e. The fraction of sp³-hybridized carbons (Fsp3) is 0.200. The second-order valence-electron chi connectivity index (χ2n) is 3.42. The van der Waals surface area contributed by atoms with Gasteiger partial charge in [0.1, 0.15) is 5.82 Å². The molecule has 0 aliphatic rings. The van der Waals surface area contributed by atoms with E-state index in [-0.39, 0.29) is 5.82 Å². The number of nitrogens with zero attached hydrogens (tertiary/aromatic N) is 3. The standard InChI is InChI=1S/C10H10ClFN4S/c1-16-9(13)14-15-10(16)17-5-6-2-3-7(11)4-8(6)12/h2-4H,5H2,1H3,(H2,13,14). The fourth-order valence-corrected chi connectivity index (χ4v) is 2.30. The minimum absolute atomic E-state index is 0.319. The number of thioether (sulfide) groups is 1. The van der Waals surface area contributed by atoms with Crippen molar-refractivity contribution in [2.45, 2.75) is 10.9 Å². The quantitative estimate of drug-likeness (QED) is 0.872. The van der Waals surface area contributed by atoms with E-state index in [4.69, 9.17) is 17.3 Å². The maximum absolute atomic E-state index is 13.5. The molecule has 0 spiro atoms. The van der Waals surface area contributed by atoms with Crippen molar-refractivity contribution in [3.63, 3.8) is 0 Å². The van der Waals surface area contributed by atoms with Gasteiger partial charge in [-0.25, -0.2) is 4.39 Å². The van der Waals surface area contributed by atoms with Crippen molar-refractivity contribution in [2.24, 2.45) is 7.05 Å². The lowest BCUT2D eigenvalue weighted by atomic mass is 10.2. The molecule has 1 heterocycles. The first-order valence-electron chi connectivity index (χ1n) is 4.79. The maximum atomic E-state index is 13.5. The van der Waals surface area contributed by atoms with Gasteiger partial charge in [0.25, 0.3) is 0 Å². The summed E-state index contributed by atoms with van der Waals surface area (Å²) in [5.41, 5.74) is 6.11. The average Bonchev–Trinajstić information content (AvgIpc) is 2.59. The van der Waals surface area contributed by atoms with Crippen molar-refractivity contribution in [1.82, 2.24) is 14.8 Å². The van der Waals surface area contributed by atoms with Gasteiger partial charge < -0.3 is 5.73 Å². The summed E-state index contributed by atoms with van der Waals surface area (Å²) in [4.78, 5) is 0. The first kappa shape index (κ1) is 12.2. The molecule has 0 bridgehead atoms. The zero-order valence-corrected chi connectivity index (χ0v) is 10.6. The summed E-state index contributed by atoms with van der Waals surface area (Å²) in [6, 6.07) is 4.61. The van der Waals surface area contributed by atoms with Crippen molar-refractivity contribution in [1.29, 1.82) is 0 Å². The van der Waals surface area contributed by atoms with E-state index in [1.165, 1.54) is 17.8 Å². The molecule has 90 valence electrons. The van der Waals surface area contributed by atoms with E-state index in [0.29, 0.717) is 27.4 Å². The molecule has 0 saturated carbocycles. The molecule has 1 aromatic heterocycles. The molecule has 4 nitrogen and oxygen atoms in total. The summed E-state index contributed by atoms with van der Waals surface area (Å²) in [5.74, 6) is 0.471. The van der Waals surface area contributed by atoms with Gasteiger partial charge in [-0.2, -0.15) is 0 Å². The molecular formula is C10H10ClFN4S. The number of aromatic nitrogens is 3. The maximum Gasteiger partial charge on any atom is 0.222 e. The van der Waals surface area contributed by atoms with E-state index in [1.54, 1.807) is 23.7 Å². The highest BCUT2D eigenvalue weighted by atomic mass is 35.5. The Morgan fingerprint density at radius 3 is 2.82 bits per heavy atom. The number of hydrogen-bond donors (Lipinski definition) is 1. The van der Waals surface area contributed by atoms with Crippen LogP contribution in [0.4, 0.5) is 10.3 Å². The topological polar surface area (TPSA) is 56.7 Å². The number of nitrogen functional groups attached to an aromatic ring is 1. The van der Waals surface area contributed by atoms with Crippen LogP contribution in [0.25, 0.3) is 0 Å². The van der Waals surface area contributed by atoms with Gasteiger partial charge in [-0.3, -0.25) is 4.57 Å². The van der Waals surface area contributed by atoms with E-state index in [9.17, 15) is 4.39 Å². The fourth-order valence-electron chi connectivity index (χ4n) is 1.23. The van der Waals surface area contributed by atoms with Crippen LogP contribution in [0.3, 0.4) is 0 Å². The monoisotopic (exact) mass is 272 g/mol. The lowest BCUT2D eigenvalue weighted by molar-refractivity contribution is 0.617. The second-order valence-corrected chi connectivity index (χ2v) is 4.80. The number of benzene rings is 1. The Balaban J connectivity index is 2.10. The molecule has 0 radical (unpaired) electrons. The Morgan fingerprint density at radius 2 is 2.24 bits per heavy atom. The first-order valence-corrected chi connectivity index (χ1v) is 6.16. The molecule has 0 atom stereocenters. The van der Waals surface area contributed by atoms with Crippen LogP contribution in [0, 0.1) is 5.82 Å². The van der Waals surface area contributed by atoms with Gasteiger partial charge >= 0.3 is 0 Å². The van der Waals surface area contributed by atoms with Crippen molar-refractivity contribution in [3.05, 3.63) is 34.6 Å². The highest BCUT2D eigenvalue weighted by Gasteiger charge is 2.08. The molecule has 7 heteroatoms. The first-order chi connectivity index (χ1) is 8.08. The number of halogens is 2. The predicted octanol–water partition coefficient (Wildman–Crippen LogP) is 2.48. The number of anilines is 1. The molecule has 17 heavy (non-hydrogen) atoms. The van der Waals surface area contributed by atoms with Crippen molar-refractivity contribution in [2.75, 3.05) is 5.73 Å². The molecular weight excluding hydrogens is 263 g/mol. The number of rotatable bonds is 3. The summed E-state index contributed by atoms with van der Waals surface area (Å²) >= 11 is 7.04. The van der Waals surface area contributed by atoms with Crippen LogP contribution >= 0.6 is 23.4 Å². The third kappa shape index (κ3) is 2.70. The van der Waals surface area contributed by atoms with Gasteiger partial charge in [-0.1, -0.05) is 29.4 Å². The molecule has 2 rings (SSSR count). The third-order valence-corrected chi connectivity index (χ3v) is 3.54. The molecule has 0 aliphatic heterocycles. The van der Waals surface area contributed by atoms with Crippen molar-refractivity contribution >= 4 is 29.3 Å². The van der Waals surface area contributed by atoms with Gasteiger partial charge in [0.05, 0.1) is 0 Å². The normalized spacial score (nSPS) is 10.8. The van der Waals surface area contributed by atoms with E-state index in [0.717, 1.165) is 0 Å². The molecule has 1 aromatic carbocycles. The highest BCUT2D eigenvalue weighted by Crippen LogP contribution is 2.24. The molecule has 0 aliphatic carbocycles. The van der Waals surface area contributed by atoms with Crippen molar-refractivity contribution in [3.8, 4) is 0 Å². The summed E-state index contributed by atoms with van der Waals surface area (Å²) < 4.78 is 15.1. The summed E-state index contributed by atoms with van der Waals surface area (Å²) in [6.45, 7) is 0. The zero-order chi connectivity index (χ0) is 12.4. The van der Waals surface area contributed by atoms with E-state index < -0.39 is 0 Å². The summed E-state index contributed by atoms with van der Waals surface area (Å²) in [5, 5.41) is 8.64. The Kier molecular flexibility index (Phi) is 3.54. The molecule has 2 aromatic rings. The zero-order valence-electron chi connectivity index (χ0n) is 9.02. The molecule has 0 unspecified atom stereocenters. The van der Waals surface area contributed by atoms with Crippen LogP contribution in [0.15, 0.2) is 23.4 Å². The minimum Gasteiger partial charge on any atom is -0.368 e. The van der Waals surface area contributed by atoms with Crippen LogP contribution in [0.5, 0.6) is 0 Å². The van der Waals surface area contributed by atoms with Gasteiger partial charge in [-0.05, 0) is 17.7 Å². The van der Waals surface area contributed by atoms with E-state index >= 15 is 0 Å². The summed E-state index contributed by atoms with van der Waals surface area (Å²) in [7, 11) is 1.76. The lowest BCUT2D eigenvalue weighted by Crippen LogP contribution is -1.98. The molecule has 0 amide bonds. The van der Waals surface area contributed by atoms with Crippen LogP contribution in [-0.2, 0) is 12.8 Å². The lowest BCUT2D eigenvalue weighted by Gasteiger charge is -2.03. The third-order valence-electron chi connectivity index (χ3n) is 2.24. The van der Waals surface area contributed by atoms with E-state index in [2.05, 4.69) is 10.2 Å². The average molecular weight is 273 g/mol. The Hall–Kier alpha value is -1.27. The molecule has 0 saturated heterocycles. The predicted molar refractivity (Wildman–Crippen MR) is 66.4 cm³/mol. The summed E-state index contributed by atoms with van der Waals surface area (Å²) in [6.07, 6.45) is 0. The number of nitrogens with two attached hydrogens (primary N) is 1. The number of hydrogen-bond acceptors (Lipinski definition) is 4. The SMILES string of the molecule is Cn1c(N)nnc1SCc1ccc(Cl)cc1F. The molecule has 0 fully saturated rings. The van der Waals surface area contributed by atoms with Gasteiger partial charge in [0.15, 0.2) is 5.16 Å². The highest BCUT2D eigenvalue weighted by molar-refractivity contribution is 7.98. The minimum atomic E-state index is -0.319. The van der Waals surface area contributed by atoms with Crippen LogP contribution in [-0.4, -0.2) is 14.8 Å². The largest absolute Gasteiger partial charge is 0.368 e. The van der Waals surface area contributed by atoms with Crippen LogP contribution < -0.4 is 5.73 Å². The van der Waals surface area contributed by atoms with E-state index in [1.807, 2.05) is 0 Å². The van der Waals surface area contributed by atoms with Gasteiger partial charge in [0, 0.05) is 17.8 Å². The van der Waals surface area contributed by atoms with Gasteiger partial charge in [0.2, 0.25) is 5.95 Å². The Morgan fingerprint density at radius 1 is 1.47 bits per heavy atom. The van der Waals surface area contributed by atoms with Crippen LogP contribution in [0.1, 0.15) is 5.56 Å².